The predicted molar refractivity (Wildman–Crippen MR) is 69.4 cm³/mol. The molecule has 0 amide bonds. The van der Waals surface area contributed by atoms with Crippen LogP contribution in [-0.4, -0.2) is 57.3 Å². The maximum Gasteiger partial charge on any atom is 0.279 e. The van der Waals surface area contributed by atoms with Crippen LogP contribution in [0.2, 0.25) is 0 Å². The zero-order valence-electron chi connectivity index (χ0n) is 11.1. The third-order valence-electron chi connectivity index (χ3n) is 3.35. The highest BCUT2D eigenvalue weighted by Gasteiger charge is 2.26. The van der Waals surface area contributed by atoms with E-state index in [1.165, 1.54) is 11.4 Å². The maximum absolute atomic E-state index is 12.0. The molecular weight excluding hydrogens is 256 g/mol. The van der Waals surface area contributed by atoms with Gasteiger partial charge in [0.15, 0.2) is 0 Å². The Bertz CT molecular complexity index is 328. The van der Waals surface area contributed by atoms with Crippen molar-refractivity contribution in [2.45, 2.75) is 32.2 Å². The van der Waals surface area contributed by atoms with Crippen LogP contribution in [0.4, 0.5) is 0 Å². The van der Waals surface area contributed by atoms with E-state index in [-0.39, 0.29) is 12.6 Å². The van der Waals surface area contributed by atoms with Crippen molar-refractivity contribution in [2.75, 3.05) is 33.4 Å². The summed E-state index contributed by atoms with van der Waals surface area (Å²) in [5, 5.41) is 8.71. The Morgan fingerprint density at radius 3 is 2.61 bits per heavy atom. The lowest BCUT2D eigenvalue weighted by Gasteiger charge is -2.29. The first-order chi connectivity index (χ1) is 8.47. The van der Waals surface area contributed by atoms with Crippen LogP contribution in [-0.2, 0) is 14.9 Å². The van der Waals surface area contributed by atoms with Crippen molar-refractivity contribution in [3.63, 3.8) is 0 Å². The zero-order chi connectivity index (χ0) is 13.6. The van der Waals surface area contributed by atoms with E-state index >= 15 is 0 Å². The molecule has 0 radical (unpaired) electrons. The smallest absolute Gasteiger partial charge is 0.279 e. The first-order valence-electron chi connectivity index (χ1n) is 6.39. The monoisotopic (exact) mass is 280 g/mol. The first kappa shape index (κ1) is 15.8. The summed E-state index contributed by atoms with van der Waals surface area (Å²) in [4.78, 5) is 0. The van der Waals surface area contributed by atoms with Crippen LogP contribution in [0.15, 0.2) is 0 Å². The van der Waals surface area contributed by atoms with Gasteiger partial charge in [0.2, 0.25) is 0 Å². The summed E-state index contributed by atoms with van der Waals surface area (Å²) in [6.45, 7) is 3.63. The fourth-order valence-corrected chi connectivity index (χ4v) is 3.26. The lowest BCUT2D eigenvalue weighted by Crippen LogP contribution is -2.46. The lowest BCUT2D eigenvalue weighted by atomic mass is 9.94. The quantitative estimate of drug-likeness (QED) is 0.685. The Hall–Kier alpha value is -0.210. The number of aliphatic hydroxyl groups is 1. The van der Waals surface area contributed by atoms with Crippen LogP contribution >= 0.6 is 0 Å². The largest absolute Gasteiger partial charge is 0.396 e. The Kier molecular flexibility index (Phi) is 6.51. The molecule has 0 aromatic heterocycles. The molecule has 6 nitrogen and oxygen atoms in total. The molecule has 0 spiro atoms. The van der Waals surface area contributed by atoms with Crippen molar-refractivity contribution >= 4 is 10.2 Å². The molecule has 0 bridgehead atoms. The van der Waals surface area contributed by atoms with Crippen molar-refractivity contribution in [2.24, 2.45) is 5.92 Å². The summed E-state index contributed by atoms with van der Waals surface area (Å²) in [5.74, 6) is 0.333. The fourth-order valence-electron chi connectivity index (χ4n) is 2.05. The molecule has 2 N–H and O–H groups in total. The minimum atomic E-state index is -3.45. The number of hydrogen-bond donors (Lipinski definition) is 2. The number of ether oxygens (including phenoxy) is 1. The average molecular weight is 280 g/mol. The number of nitrogens with zero attached hydrogens (tertiary/aromatic N) is 1. The Morgan fingerprint density at radius 1 is 1.44 bits per heavy atom. The van der Waals surface area contributed by atoms with Gasteiger partial charge in [-0.05, 0) is 32.1 Å². The molecule has 0 aromatic carbocycles. The van der Waals surface area contributed by atoms with Crippen molar-refractivity contribution in [1.29, 1.82) is 0 Å². The van der Waals surface area contributed by atoms with Gasteiger partial charge in [-0.2, -0.15) is 17.4 Å². The van der Waals surface area contributed by atoms with Gasteiger partial charge in [-0.15, -0.1) is 0 Å². The number of nitrogens with one attached hydrogen (secondary N) is 1. The molecule has 1 fully saturated rings. The minimum Gasteiger partial charge on any atom is -0.396 e. The van der Waals surface area contributed by atoms with Crippen LogP contribution in [0.25, 0.3) is 0 Å². The molecule has 18 heavy (non-hydrogen) atoms. The highest BCUT2D eigenvalue weighted by atomic mass is 32.2. The van der Waals surface area contributed by atoms with Gasteiger partial charge in [-0.3, -0.25) is 0 Å². The molecule has 0 aromatic rings. The molecule has 1 aliphatic heterocycles. The third kappa shape index (κ3) is 4.81. The number of hydrogen-bond acceptors (Lipinski definition) is 4. The van der Waals surface area contributed by atoms with Crippen molar-refractivity contribution in [3.05, 3.63) is 0 Å². The van der Waals surface area contributed by atoms with Gasteiger partial charge in [0, 0.05) is 39.5 Å². The van der Waals surface area contributed by atoms with E-state index in [0.717, 1.165) is 12.8 Å². The summed E-state index contributed by atoms with van der Waals surface area (Å²) < 4.78 is 33.2. The maximum atomic E-state index is 12.0. The summed E-state index contributed by atoms with van der Waals surface area (Å²) in [6, 6.07) is -0.0875. The van der Waals surface area contributed by atoms with Gasteiger partial charge in [-0.1, -0.05) is 0 Å². The summed E-state index contributed by atoms with van der Waals surface area (Å²) >= 11 is 0. The Balaban J connectivity index is 2.47. The van der Waals surface area contributed by atoms with Crippen molar-refractivity contribution < 1.29 is 18.3 Å². The highest BCUT2D eigenvalue weighted by Crippen LogP contribution is 2.19. The van der Waals surface area contributed by atoms with Crippen molar-refractivity contribution in [1.82, 2.24) is 9.03 Å². The Morgan fingerprint density at radius 2 is 2.06 bits per heavy atom. The third-order valence-corrected chi connectivity index (χ3v) is 5.02. The van der Waals surface area contributed by atoms with Gasteiger partial charge in [0.25, 0.3) is 10.2 Å². The fraction of sp³-hybridized carbons (Fsp3) is 1.00. The Labute approximate surface area is 109 Å². The van der Waals surface area contributed by atoms with Crippen LogP contribution in [0.3, 0.4) is 0 Å². The van der Waals surface area contributed by atoms with Crippen molar-refractivity contribution in [3.8, 4) is 0 Å². The van der Waals surface area contributed by atoms with E-state index in [9.17, 15) is 8.42 Å². The predicted octanol–water partition coefficient (Wildman–Crippen LogP) is -0.0499. The normalized spacial score (nSPS) is 20.2. The molecule has 0 saturated carbocycles. The van der Waals surface area contributed by atoms with Crippen LogP contribution in [0, 0.1) is 5.92 Å². The summed E-state index contributed by atoms with van der Waals surface area (Å²) in [7, 11) is -1.93. The molecule has 108 valence electrons. The topological polar surface area (TPSA) is 78.9 Å². The van der Waals surface area contributed by atoms with Gasteiger partial charge in [-0.25, -0.2) is 0 Å². The molecule has 1 rings (SSSR count). The summed E-state index contributed by atoms with van der Waals surface area (Å²) in [5.41, 5.74) is 0. The standard InChI is InChI=1S/C11H24N2O4S/c1-10(11-4-8-17-9-5-11)12-18(15,16)13(2)6-3-7-14/h10-12,14H,3-9H2,1-2H3. The molecule has 1 saturated heterocycles. The van der Waals surface area contributed by atoms with Gasteiger partial charge in [0.1, 0.15) is 0 Å². The first-order valence-corrected chi connectivity index (χ1v) is 7.83. The molecular formula is C11H24N2O4S. The second-order valence-electron chi connectivity index (χ2n) is 4.76. The second kappa shape index (κ2) is 7.40. The molecule has 1 aliphatic rings. The zero-order valence-corrected chi connectivity index (χ0v) is 11.9. The SMILES string of the molecule is CC(NS(=O)(=O)N(C)CCCO)C1CCOCC1. The molecule has 0 aliphatic carbocycles. The number of aliphatic hydroxyl groups excluding tert-OH is 1. The highest BCUT2D eigenvalue weighted by molar-refractivity contribution is 7.87. The second-order valence-corrected chi connectivity index (χ2v) is 6.57. The van der Waals surface area contributed by atoms with E-state index in [0.29, 0.717) is 32.1 Å². The van der Waals surface area contributed by atoms with E-state index in [1.807, 2.05) is 6.92 Å². The van der Waals surface area contributed by atoms with Crippen LogP contribution < -0.4 is 4.72 Å². The molecule has 1 unspecified atom stereocenters. The van der Waals surface area contributed by atoms with E-state index in [2.05, 4.69) is 4.72 Å². The van der Waals surface area contributed by atoms with Gasteiger partial charge < -0.3 is 9.84 Å². The molecule has 1 heterocycles. The van der Waals surface area contributed by atoms with Crippen LogP contribution in [0.5, 0.6) is 0 Å². The van der Waals surface area contributed by atoms with E-state index in [1.54, 1.807) is 0 Å². The van der Waals surface area contributed by atoms with Gasteiger partial charge in [0.05, 0.1) is 0 Å². The lowest BCUT2D eigenvalue weighted by molar-refractivity contribution is 0.0584. The van der Waals surface area contributed by atoms with E-state index < -0.39 is 10.2 Å². The molecule has 1 atom stereocenters. The number of rotatable bonds is 7. The van der Waals surface area contributed by atoms with Gasteiger partial charge >= 0.3 is 0 Å². The van der Waals surface area contributed by atoms with Crippen LogP contribution in [0.1, 0.15) is 26.2 Å². The summed E-state index contributed by atoms with van der Waals surface area (Å²) in [6.07, 6.45) is 2.23. The molecule has 7 heteroatoms. The minimum absolute atomic E-state index is 0.00459. The van der Waals surface area contributed by atoms with E-state index in [4.69, 9.17) is 9.84 Å². The average Bonchev–Trinajstić information content (AvgIpc) is 2.36.